The minimum atomic E-state index is -3.33. The summed E-state index contributed by atoms with van der Waals surface area (Å²) in [7, 11) is -3.33. The molecule has 0 bridgehead atoms. The van der Waals surface area contributed by atoms with E-state index in [0.717, 1.165) is 5.56 Å². The van der Waals surface area contributed by atoms with Crippen molar-refractivity contribution in [3.05, 3.63) is 35.9 Å². The van der Waals surface area contributed by atoms with Gasteiger partial charge in [-0.05, 0) is 19.4 Å². The molecular formula is C19H29N3O4S. The van der Waals surface area contributed by atoms with E-state index in [9.17, 15) is 13.2 Å². The van der Waals surface area contributed by atoms with Gasteiger partial charge in [-0.25, -0.2) is 8.42 Å². The molecule has 2 saturated heterocycles. The number of hydrogen-bond acceptors (Lipinski definition) is 5. The molecule has 2 aliphatic heterocycles. The minimum Gasteiger partial charge on any atom is -0.372 e. The predicted molar refractivity (Wildman–Crippen MR) is 104 cm³/mol. The number of sulfonamides is 1. The van der Waals surface area contributed by atoms with E-state index in [1.807, 2.05) is 54.0 Å². The van der Waals surface area contributed by atoms with Crippen LogP contribution in [0.1, 0.15) is 19.4 Å². The molecule has 1 aromatic rings. The lowest BCUT2D eigenvalue weighted by molar-refractivity contribution is -0.144. The van der Waals surface area contributed by atoms with Gasteiger partial charge in [-0.1, -0.05) is 30.3 Å². The zero-order valence-electron chi connectivity index (χ0n) is 16.1. The maximum Gasteiger partial charge on any atom is 0.236 e. The Morgan fingerprint density at radius 2 is 1.63 bits per heavy atom. The molecule has 0 aromatic heterocycles. The molecule has 0 N–H and O–H groups in total. The molecule has 2 aliphatic rings. The van der Waals surface area contributed by atoms with Crippen molar-refractivity contribution in [2.24, 2.45) is 0 Å². The van der Waals surface area contributed by atoms with Crippen molar-refractivity contribution in [1.29, 1.82) is 0 Å². The van der Waals surface area contributed by atoms with Crippen LogP contribution in [0.25, 0.3) is 0 Å². The maximum atomic E-state index is 12.6. The molecular weight excluding hydrogens is 366 g/mol. The number of carbonyl (C=O) groups excluding carboxylic acids is 1. The summed E-state index contributed by atoms with van der Waals surface area (Å²) in [6.45, 7) is 7.55. The molecule has 1 amide bonds. The zero-order chi connectivity index (χ0) is 19.4. The fourth-order valence-corrected chi connectivity index (χ4v) is 5.23. The van der Waals surface area contributed by atoms with Gasteiger partial charge in [0.25, 0.3) is 0 Å². The Bertz CT molecular complexity index is 723. The van der Waals surface area contributed by atoms with Crippen LogP contribution < -0.4 is 0 Å². The molecule has 7 nitrogen and oxygen atoms in total. The highest BCUT2D eigenvalue weighted by molar-refractivity contribution is 7.88. The number of piperazine rings is 1. The number of rotatable bonds is 5. The lowest BCUT2D eigenvalue weighted by Gasteiger charge is -2.38. The van der Waals surface area contributed by atoms with Crippen molar-refractivity contribution < 1.29 is 17.9 Å². The minimum absolute atomic E-state index is 0.0241. The summed E-state index contributed by atoms with van der Waals surface area (Å²) < 4.78 is 32.5. The number of morpholine rings is 1. The number of benzene rings is 1. The van der Waals surface area contributed by atoms with Gasteiger partial charge >= 0.3 is 0 Å². The average Bonchev–Trinajstić information content (AvgIpc) is 2.62. The van der Waals surface area contributed by atoms with Crippen molar-refractivity contribution in [3.8, 4) is 0 Å². The second-order valence-corrected chi connectivity index (χ2v) is 9.44. The smallest absolute Gasteiger partial charge is 0.236 e. The fourth-order valence-electron chi connectivity index (χ4n) is 3.71. The number of ether oxygens (including phenoxy) is 1. The van der Waals surface area contributed by atoms with Crippen LogP contribution in [-0.4, -0.2) is 86.5 Å². The molecule has 0 aliphatic carbocycles. The third-order valence-corrected chi connectivity index (χ3v) is 6.90. The highest BCUT2D eigenvalue weighted by Crippen LogP contribution is 2.15. The molecule has 2 heterocycles. The molecule has 0 unspecified atom stereocenters. The van der Waals surface area contributed by atoms with Crippen LogP contribution in [0.4, 0.5) is 0 Å². The summed E-state index contributed by atoms with van der Waals surface area (Å²) in [5.74, 6) is 0.119. The van der Waals surface area contributed by atoms with Crippen LogP contribution in [0.2, 0.25) is 0 Å². The van der Waals surface area contributed by atoms with Crippen LogP contribution in [0.15, 0.2) is 30.3 Å². The van der Waals surface area contributed by atoms with E-state index >= 15 is 0 Å². The van der Waals surface area contributed by atoms with Gasteiger partial charge in [0.05, 0.1) is 24.5 Å². The van der Waals surface area contributed by atoms with Crippen molar-refractivity contribution in [2.45, 2.75) is 31.8 Å². The summed E-state index contributed by atoms with van der Waals surface area (Å²) in [5, 5.41) is 0. The second kappa shape index (κ2) is 8.68. The van der Waals surface area contributed by atoms with Crippen LogP contribution in [0.3, 0.4) is 0 Å². The number of nitrogens with zero attached hydrogens (tertiary/aromatic N) is 3. The first kappa shape index (κ1) is 20.3. The molecule has 150 valence electrons. The monoisotopic (exact) mass is 395 g/mol. The van der Waals surface area contributed by atoms with E-state index in [1.165, 1.54) is 0 Å². The van der Waals surface area contributed by atoms with Crippen molar-refractivity contribution >= 4 is 15.9 Å². The van der Waals surface area contributed by atoms with Gasteiger partial charge in [0, 0.05) is 39.3 Å². The van der Waals surface area contributed by atoms with Crippen molar-refractivity contribution in [1.82, 2.24) is 14.1 Å². The third kappa shape index (κ3) is 5.51. The molecule has 8 heteroatoms. The summed E-state index contributed by atoms with van der Waals surface area (Å²) in [6.07, 6.45) is 0.107. The zero-order valence-corrected chi connectivity index (χ0v) is 16.9. The average molecular weight is 396 g/mol. The standard InChI is InChI=1S/C19H29N3O4S/c1-16-12-21(13-17(2)26-16)19(23)14-20-8-10-22(11-9-20)27(24,25)15-18-6-4-3-5-7-18/h3-7,16-17H,8-15H2,1-2H3/t16-,17-/m0/s1. The van der Waals surface area contributed by atoms with Crippen LogP contribution in [-0.2, 0) is 25.3 Å². The summed E-state index contributed by atoms with van der Waals surface area (Å²) in [5.41, 5.74) is 0.797. The Morgan fingerprint density at radius 3 is 2.22 bits per heavy atom. The molecule has 2 fully saturated rings. The Morgan fingerprint density at radius 1 is 1.04 bits per heavy atom. The fraction of sp³-hybridized carbons (Fsp3) is 0.632. The van der Waals surface area contributed by atoms with Gasteiger partial charge < -0.3 is 9.64 Å². The van der Waals surface area contributed by atoms with E-state index in [-0.39, 0.29) is 23.9 Å². The van der Waals surface area contributed by atoms with E-state index < -0.39 is 10.0 Å². The number of amides is 1. The lowest BCUT2D eigenvalue weighted by Crippen LogP contribution is -2.54. The number of hydrogen-bond donors (Lipinski definition) is 0. The lowest BCUT2D eigenvalue weighted by atomic mass is 10.2. The van der Waals surface area contributed by atoms with Crippen LogP contribution in [0, 0.1) is 0 Å². The first-order valence-electron chi connectivity index (χ1n) is 9.51. The summed E-state index contributed by atoms with van der Waals surface area (Å²) in [4.78, 5) is 16.5. The van der Waals surface area contributed by atoms with E-state index in [1.54, 1.807) is 4.31 Å². The van der Waals surface area contributed by atoms with Gasteiger partial charge in [0.1, 0.15) is 0 Å². The van der Waals surface area contributed by atoms with E-state index in [2.05, 4.69) is 0 Å². The van der Waals surface area contributed by atoms with E-state index in [4.69, 9.17) is 4.74 Å². The first-order chi connectivity index (χ1) is 12.8. The number of carbonyl (C=O) groups is 1. The quantitative estimate of drug-likeness (QED) is 0.737. The van der Waals surface area contributed by atoms with Gasteiger partial charge in [-0.2, -0.15) is 4.31 Å². The normalized spacial score (nSPS) is 25.5. The molecule has 0 spiro atoms. The maximum absolute atomic E-state index is 12.6. The molecule has 0 radical (unpaired) electrons. The first-order valence-corrected chi connectivity index (χ1v) is 11.1. The Balaban J connectivity index is 1.49. The molecule has 0 saturated carbocycles. The highest BCUT2D eigenvalue weighted by atomic mass is 32.2. The predicted octanol–water partition coefficient (Wildman–Crippen LogP) is 0.770. The Kier molecular flexibility index (Phi) is 6.52. The summed E-state index contributed by atoms with van der Waals surface area (Å²) >= 11 is 0. The Labute approximate surface area is 161 Å². The van der Waals surface area contributed by atoms with Crippen molar-refractivity contribution in [3.63, 3.8) is 0 Å². The van der Waals surface area contributed by atoms with Gasteiger partial charge in [-0.3, -0.25) is 9.69 Å². The van der Waals surface area contributed by atoms with Crippen molar-refractivity contribution in [2.75, 3.05) is 45.8 Å². The van der Waals surface area contributed by atoms with Gasteiger partial charge in [0.15, 0.2) is 0 Å². The topological polar surface area (TPSA) is 70.2 Å². The Hall–Kier alpha value is -1.48. The SMILES string of the molecule is C[C@H]1CN(C(=O)CN2CCN(S(=O)(=O)Cc3ccccc3)CC2)C[C@H](C)O1. The van der Waals surface area contributed by atoms with E-state index in [0.29, 0.717) is 45.8 Å². The van der Waals surface area contributed by atoms with Crippen LogP contribution in [0.5, 0.6) is 0 Å². The largest absolute Gasteiger partial charge is 0.372 e. The van der Waals surface area contributed by atoms with Crippen LogP contribution >= 0.6 is 0 Å². The third-order valence-electron chi connectivity index (χ3n) is 5.05. The summed E-state index contributed by atoms with van der Waals surface area (Å²) in [6, 6.07) is 9.24. The molecule has 2 atom stereocenters. The van der Waals surface area contributed by atoms with Gasteiger partial charge in [-0.15, -0.1) is 0 Å². The van der Waals surface area contributed by atoms with Gasteiger partial charge in [0.2, 0.25) is 15.9 Å². The highest BCUT2D eigenvalue weighted by Gasteiger charge is 2.30. The second-order valence-electron chi connectivity index (χ2n) is 7.47. The molecule has 27 heavy (non-hydrogen) atoms. The molecule has 3 rings (SSSR count). The molecule has 1 aromatic carbocycles.